The Bertz CT molecular complexity index is 760. The second-order valence-corrected chi connectivity index (χ2v) is 6.92. The number of nitrogens with one attached hydrogen (secondary N) is 1. The highest BCUT2D eigenvalue weighted by atomic mass is 35.5. The average molecular weight is 383 g/mol. The van der Waals surface area contributed by atoms with Gasteiger partial charge in [0.25, 0.3) is 0 Å². The van der Waals surface area contributed by atoms with Crippen molar-refractivity contribution in [3.63, 3.8) is 0 Å². The van der Waals surface area contributed by atoms with Gasteiger partial charge in [-0.25, -0.2) is 13.6 Å². The maximum Gasteiger partial charge on any atom is 0.238 e. The molecule has 0 saturated carbocycles. The molecule has 0 spiro atoms. The third kappa shape index (κ3) is 7.27. The van der Waals surface area contributed by atoms with Gasteiger partial charge in [0.15, 0.2) is 0 Å². The van der Waals surface area contributed by atoms with E-state index in [1.54, 1.807) is 18.2 Å². The van der Waals surface area contributed by atoms with Gasteiger partial charge in [0, 0.05) is 6.54 Å². The fourth-order valence-electron chi connectivity index (χ4n) is 2.17. The Balaban J connectivity index is 0.00000312. The fourth-order valence-corrected chi connectivity index (χ4v) is 2.69. The first-order valence-corrected chi connectivity index (χ1v) is 9.19. The van der Waals surface area contributed by atoms with Crippen LogP contribution >= 0.6 is 12.4 Å². The zero-order valence-corrected chi connectivity index (χ0v) is 15.5. The summed E-state index contributed by atoms with van der Waals surface area (Å²) >= 11 is 0. The van der Waals surface area contributed by atoms with E-state index < -0.39 is 10.0 Å². The number of halogens is 1. The summed E-state index contributed by atoms with van der Waals surface area (Å²) in [6.45, 7) is 5.67. The predicted octanol–water partition coefficient (Wildman–Crippen LogP) is 2.65. The minimum Gasteiger partial charge on any atom is -0.490 e. The van der Waals surface area contributed by atoms with Gasteiger partial charge in [0.05, 0.1) is 4.90 Å². The SMILES string of the molecule is C=CCOc1ccc(CNCCc2ccc(S(N)(=O)=O)cc2)cc1.Cl. The summed E-state index contributed by atoms with van der Waals surface area (Å²) in [5.74, 6) is 0.827. The van der Waals surface area contributed by atoms with E-state index in [2.05, 4.69) is 11.9 Å². The van der Waals surface area contributed by atoms with Crippen molar-refractivity contribution in [2.45, 2.75) is 17.9 Å². The minimum absolute atomic E-state index is 0. The van der Waals surface area contributed by atoms with Crippen LogP contribution in [0.4, 0.5) is 0 Å². The molecule has 5 nitrogen and oxygen atoms in total. The third-order valence-corrected chi connectivity index (χ3v) is 4.39. The van der Waals surface area contributed by atoms with Gasteiger partial charge in [0.2, 0.25) is 10.0 Å². The van der Waals surface area contributed by atoms with Crippen LogP contribution in [0.5, 0.6) is 5.75 Å². The molecule has 0 fully saturated rings. The van der Waals surface area contributed by atoms with Crippen LogP contribution < -0.4 is 15.2 Å². The van der Waals surface area contributed by atoms with E-state index in [0.29, 0.717) is 6.61 Å². The Kier molecular flexibility index (Phi) is 8.65. The van der Waals surface area contributed by atoms with Crippen molar-refractivity contribution >= 4 is 22.4 Å². The van der Waals surface area contributed by atoms with E-state index in [4.69, 9.17) is 9.88 Å². The molecule has 0 bridgehead atoms. The molecule has 0 atom stereocenters. The molecule has 7 heteroatoms. The molecule has 2 aromatic rings. The highest BCUT2D eigenvalue weighted by molar-refractivity contribution is 7.89. The lowest BCUT2D eigenvalue weighted by Gasteiger charge is -2.07. The van der Waals surface area contributed by atoms with Crippen LogP contribution in [0.1, 0.15) is 11.1 Å². The van der Waals surface area contributed by atoms with E-state index in [1.807, 2.05) is 24.3 Å². The molecule has 0 aliphatic rings. The summed E-state index contributed by atoms with van der Waals surface area (Å²) in [5, 5.41) is 8.43. The zero-order valence-electron chi connectivity index (χ0n) is 13.9. The number of hydrogen-bond acceptors (Lipinski definition) is 4. The quantitative estimate of drug-likeness (QED) is 0.516. The van der Waals surface area contributed by atoms with Crippen molar-refractivity contribution in [3.05, 3.63) is 72.3 Å². The maximum absolute atomic E-state index is 11.2. The molecule has 0 radical (unpaired) electrons. The van der Waals surface area contributed by atoms with Crippen molar-refractivity contribution in [1.82, 2.24) is 5.32 Å². The number of sulfonamides is 1. The first kappa shape index (κ1) is 21.2. The zero-order chi connectivity index (χ0) is 17.4. The van der Waals surface area contributed by atoms with Crippen LogP contribution in [0, 0.1) is 0 Å². The number of rotatable bonds is 9. The smallest absolute Gasteiger partial charge is 0.238 e. The highest BCUT2D eigenvalue weighted by Crippen LogP contribution is 2.12. The molecule has 0 aliphatic carbocycles. The number of nitrogens with two attached hydrogens (primary N) is 1. The van der Waals surface area contributed by atoms with Crippen LogP contribution in [-0.4, -0.2) is 21.6 Å². The van der Waals surface area contributed by atoms with Gasteiger partial charge in [-0.15, -0.1) is 12.4 Å². The summed E-state index contributed by atoms with van der Waals surface area (Å²) < 4.78 is 27.8. The Morgan fingerprint density at radius 2 is 1.64 bits per heavy atom. The third-order valence-electron chi connectivity index (χ3n) is 3.46. The Hall–Kier alpha value is -1.86. The van der Waals surface area contributed by atoms with Crippen LogP contribution in [0.25, 0.3) is 0 Å². The lowest BCUT2D eigenvalue weighted by atomic mass is 10.1. The molecular weight excluding hydrogens is 360 g/mol. The average Bonchev–Trinajstić information content (AvgIpc) is 2.57. The Labute approximate surface area is 155 Å². The summed E-state index contributed by atoms with van der Waals surface area (Å²) in [6, 6.07) is 14.6. The molecule has 0 amide bonds. The van der Waals surface area contributed by atoms with Crippen molar-refractivity contribution in [2.75, 3.05) is 13.2 Å². The van der Waals surface area contributed by atoms with E-state index in [0.717, 1.165) is 30.8 Å². The first-order valence-electron chi connectivity index (χ1n) is 7.64. The Morgan fingerprint density at radius 3 is 2.20 bits per heavy atom. The van der Waals surface area contributed by atoms with Gasteiger partial charge < -0.3 is 10.1 Å². The molecule has 2 aromatic carbocycles. The number of primary sulfonamides is 1. The van der Waals surface area contributed by atoms with E-state index in [1.165, 1.54) is 17.7 Å². The summed E-state index contributed by atoms with van der Waals surface area (Å²) in [5.41, 5.74) is 2.23. The van der Waals surface area contributed by atoms with Gasteiger partial charge in [-0.1, -0.05) is 36.9 Å². The van der Waals surface area contributed by atoms with Gasteiger partial charge in [-0.05, 0) is 48.4 Å². The monoisotopic (exact) mass is 382 g/mol. The van der Waals surface area contributed by atoms with Crippen molar-refractivity contribution in [3.8, 4) is 5.75 Å². The van der Waals surface area contributed by atoms with E-state index >= 15 is 0 Å². The second kappa shape index (κ2) is 10.2. The van der Waals surface area contributed by atoms with Crippen LogP contribution in [-0.2, 0) is 23.0 Å². The predicted molar refractivity (Wildman–Crippen MR) is 103 cm³/mol. The van der Waals surface area contributed by atoms with Crippen molar-refractivity contribution in [2.24, 2.45) is 5.14 Å². The number of ether oxygens (including phenoxy) is 1. The fraction of sp³-hybridized carbons (Fsp3) is 0.222. The van der Waals surface area contributed by atoms with E-state index in [9.17, 15) is 8.42 Å². The molecule has 0 unspecified atom stereocenters. The molecule has 3 N–H and O–H groups in total. The molecule has 0 aliphatic heterocycles. The normalized spacial score (nSPS) is 10.8. The van der Waals surface area contributed by atoms with Crippen molar-refractivity contribution < 1.29 is 13.2 Å². The molecule has 25 heavy (non-hydrogen) atoms. The Morgan fingerprint density at radius 1 is 1.04 bits per heavy atom. The van der Waals surface area contributed by atoms with E-state index in [-0.39, 0.29) is 17.3 Å². The molecule has 0 heterocycles. The summed E-state index contributed by atoms with van der Waals surface area (Å²) in [4.78, 5) is 0.137. The topological polar surface area (TPSA) is 81.4 Å². The lowest BCUT2D eigenvalue weighted by molar-refractivity contribution is 0.363. The largest absolute Gasteiger partial charge is 0.490 e. The van der Waals surface area contributed by atoms with Crippen LogP contribution in [0.2, 0.25) is 0 Å². The number of hydrogen-bond donors (Lipinski definition) is 2. The van der Waals surface area contributed by atoms with Gasteiger partial charge in [-0.3, -0.25) is 0 Å². The van der Waals surface area contributed by atoms with Crippen LogP contribution in [0.3, 0.4) is 0 Å². The second-order valence-electron chi connectivity index (χ2n) is 5.36. The van der Waals surface area contributed by atoms with Gasteiger partial charge in [-0.2, -0.15) is 0 Å². The summed E-state index contributed by atoms with van der Waals surface area (Å²) in [7, 11) is -3.62. The molecular formula is C18H23ClN2O3S. The molecule has 2 rings (SSSR count). The minimum atomic E-state index is -3.62. The molecule has 0 saturated heterocycles. The lowest BCUT2D eigenvalue weighted by Crippen LogP contribution is -2.17. The maximum atomic E-state index is 11.2. The first-order chi connectivity index (χ1) is 11.5. The van der Waals surface area contributed by atoms with Gasteiger partial charge in [0.1, 0.15) is 12.4 Å². The van der Waals surface area contributed by atoms with Crippen LogP contribution in [0.15, 0.2) is 66.1 Å². The standard InChI is InChI=1S/C18H22N2O3S.ClH/c1-2-13-23-17-7-3-16(4-8-17)14-20-12-11-15-5-9-18(10-6-15)24(19,21)22;/h2-10,20H,1,11-14H2,(H2,19,21,22);1H. The molecule has 136 valence electrons. The van der Waals surface area contributed by atoms with Crippen molar-refractivity contribution in [1.29, 1.82) is 0 Å². The molecule has 0 aromatic heterocycles. The summed E-state index contributed by atoms with van der Waals surface area (Å²) in [6.07, 6.45) is 2.52. The highest BCUT2D eigenvalue weighted by Gasteiger charge is 2.06. The van der Waals surface area contributed by atoms with Gasteiger partial charge >= 0.3 is 0 Å². The number of benzene rings is 2.